The van der Waals surface area contributed by atoms with E-state index >= 15 is 0 Å². The fourth-order valence-electron chi connectivity index (χ4n) is 3.51. The Balaban J connectivity index is 1.52. The molecule has 6 heteroatoms. The highest BCUT2D eigenvalue weighted by Crippen LogP contribution is 2.21. The molecule has 0 aromatic heterocycles. The van der Waals surface area contributed by atoms with Gasteiger partial charge in [-0.2, -0.15) is 0 Å². The fourth-order valence-corrected chi connectivity index (χ4v) is 3.73. The minimum atomic E-state index is -0.0675. The van der Waals surface area contributed by atoms with Gasteiger partial charge in [0.1, 0.15) is 6.61 Å². The molecule has 3 rings (SSSR count). The van der Waals surface area contributed by atoms with E-state index in [9.17, 15) is 9.59 Å². The van der Waals surface area contributed by atoms with Crippen molar-refractivity contribution in [2.24, 2.45) is 0 Å². The average molecular weight is 365 g/mol. The van der Waals surface area contributed by atoms with Crippen LogP contribution in [0.4, 0.5) is 0 Å². The average Bonchev–Trinajstić information content (AvgIpc) is 3.02. The molecule has 1 saturated heterocycles. The maximum Gasteiger partial charge on any atom is 0.255 e. The lowest BCUT2D eigenvalue weighted by Gasteiger charge is -2.23. The number of hydrogen-bond donors (Lipinski definition) is 0. The lowest BCUT2D eigenvalue weighted by atomic mass is 10.2. The Labute approximate surface area is 153 Å². The zero-order valence-corrected chi connectivity index (χ0v) is 15.2. The summed E-state index contributed by atoms with van der Waals surface area (Å²) < 4.78 is 5.73. The van der Waals surface area contributed by atoms with Gasteiger partial charge >= 0.3 is 0 Å². The zero-order valence-electron chi connectivity index (χ0n) is 14.5. The van der Waals surface area contributed by atoms with Crippen molar-refractivity contribution >= 4 is 23.4 Å². The van der Waals surface area contributed by atoms with Crippen LogP contribution in [0.2, 0.25) is 5.02 Å². The van der Waals surface area contributed by atoms with Crippen molar-refractivity contribution in [3.05, 3.63) is 34.9 Å². The summed E-state index contributed by atoms with van der Waals surface area (Å²) in [5.74, 6) is -0.0407. The Hall–Kier alpha value is -1.59. The van der Waals surface area contributed by atoms with Crippen molar-refractivity contribution in [2.45, 2.75) is 38.2 Å². The zero-order chi connectivity index (χ0) is 17.6. The summed E-state index contributed by atoms with van der Waals surface area (Å²) in [5.41, 5.74) is 0.522. The topological polar surface area (TPSA) is 49.9 Å². The number of carbonyl (C=O) groups excluding carboxylic acids is 2. The number of nitrogens with zero attached hydrogens (tertiary/aromatic N) is 2. The van der Waals surface area contributed by atoms with E-state index in [1.54, 1.807) is 17.0 Å². The maximum atomic E-state index is 12.7. The first-order valence-electron chi connectivity index (χ1n) is 9.08. The first-order valence-corrected chi connectivity index (χ1v) is 9.46. The van der Waals surface area contributed by atoms with E-state index in [1.165, 1.54) is 12.8 Å². The summed E-state index contributed by atoms with van der Waals surface area (Å²) in [4.78, 5) is 28.6. The highest BCUT2D eigenvalue weighted by atomic mass is 35.5. The molecule has 136 valence electrons. The van der Waals surface area contributed by atoms with Crippen molar-refractivity contribution in [3.8, 4) is 0 Å². The van der Waals surface area contributed by atoms with Crippen LogP contribution in [0.25, 0.3) is 0 Å². The molecule has 1 saturated carbocycles. The third-order valence-corrected chi connectivity index (χ3v) is 5.31. The molecule has 0 radical (unpaired) electrons. The Kier molecular flexibility index (Phi) is 6.32. The quantitative estimate of drug-likeness (QED) is 0.825. The van der Waals surface area contributed by atoms with Gasteiger partial charge < -0.3 is 14.5 Å². The van der Waals surface area contributed by atoms with Crippen molar-refractivity contribution < 1.29 is 14.3 Å². The minimum Gasteiger partial charge on any atom is -0.368 e. The Morgan fingerprint density at radius 3 is 2.44 bits per heavy atom. The van der Waals surface area contributed by atoms with Crippen molar-refractivity contribution in [1.29, 1.82) is 0 Å². The maximum absolute atomic E-state index is 12.7. The lowest BCUT2D eigenvalue weighted by Crippen LogP contribution is -2.39. The molecular formula is C19H25ClN2O3. The lowest BCUT2D eigenvalue weighted by molar-refractivity contribution is -0.137. The standard InChI is InChI=1S/C19H25ClN2O3/c20-17-9-4-3-8-16(17)19(24)22-11-5-10-21(12-13-22)18(23)14-25-15-6-1-2-7-15/h3-4,8-9,15H,1-2,5-7,10-14H2. The Bertz CT molecular complexity index is 616. The number of halogens is 1. The second-order valence-electron chi connectivity index (χ2n) is 6.72. The highest BCUT2D eigenvalue weighted by Gasteiger charge is 2.25. The van der Waals surface area contributed by atoms with E-state index in [-0.39, 0.29) is 24.5 Å². The molecule has 1 aromatic carbocycles. The molecular weight excluding hydrogens is 340 g/mol. The summed E-state index contributed by atoms with van der Waals surface area (Å²) >= 11 is 6.13. The third-order valence-electron chi connectivity index (χ3n) is 4.98. The monoisotopic (exact) mass is 364 g/mol. The Morgan fingerprint density at radius 1 is 1.00 bits per heavy atom. The second kappa shape index (κ2) is 8.68. The van der Waals surface area contributed by atoms with E-state index in [1.807, 2.05) is 17.0 Å². The van der Waals surface area contributed by atoms with Gasteiger partial charge in [-0.05, 0) is 31.4 Å². The smallest absolute Gasteiger partial charge is 0.255 e. The van der Waals surface area contributed by atoms with E-state index in [2.05, 4.69) is 0 Å². The molecule has 0 spiro atoms. The van der Waals surface area contributed by atoms with Gasteiger partial charge in [0.15, 0.2) is 0 Å². The summed E-state index contributed by atoms with van der Waals surface area (Å²) in [6.07, 6.45) is 5.53. The molecule has 0 N–H and O–H groups in total. The van der Waals surface area contributed by atoms with Gasteiger partial charge in [0.25, 0.3) is 5.91 Å². The van der Waals surface area contributed by atoms with Crippen LogP contribution in [0.3, 0.4) is 0 Å². The van der Waals surface area contributed by atoms with Crippen LogP contribution < -0.4 is 0 Å². The molecule has 1 heterocycles. The molecule has 0 bridgehead atoms. The highest BCUT2D eigenvalue weighted by molar-refractivity contribution is 6.33. The molecule has 25 heavy (non-hydrogen) atoms. The van der Waals surface area contributed by atoms with E-state index in [0.717, 1.165) is 19.3 Å². The predicted octanol–water partition coefficient (Wildman–Crippen LogP) is 2.97. The van der Waals surface area contributed by atoms with Crippen LogP contribution in [0, 0.1) is 0 Å². The SMILES string of the molecule is O=C(COC1CCCC1)N1CCCN(C(=O)c2ccccc2Cl)CC1. The Morgan fingerprint density at radius 2 is 1.68 bits per heavy atom. The summed E-state index contributed by atoms with van der Waals surface area (Å²) in [5, 5.41) is 0.467. The first kappa shape index (κ1) is 18.2. The summed E-state index contributed by atoms with van der Waals surface area (Å²) in [6.45, 7) is 2.53. The summed E-state index contributed by atoms with van der Waals surface area (Å²) in [7, 11) is 0. The number of benzene rings is 1. The molecule has 5 nitrogen and oxygen atoms in total. The number of ether oxygens (including phenoxy) is 1. The van der Waals surface area contributed by atoms with Crippen LogP contribution in [0.5, 0.6) is 0 Å². The van der Waals surface area contributed by atoms with Gasteiger partial charge in [0.2, 0.25) is 5.91 Å². The molecule has 0 unspecified atom stereocenters. The predicted molar refractivity (Wildman–Crippen MR) is 96.8 cm³/mol. The van der Waals surface area contributed by atoms with Crippen molar-refractivity contribution in [3.63, 3.8) is 0 Å². The van der Waals surface area contributed by atoms with Gasteiger partial charge in [-0.3, -0.25) is 9.59 Å². The number of rotatable bonds is 4. The van der Waals surface area contributed by atoms with Gasteiger partial charge in [0.05, 0.1) is 16.7 Å². The minimum absolute atomic E-state index is 0.0268. The van der Waals surface area contributed by atoms with Crippen molar-refractivity contribution in [1.82, 2.24) is 9.80 Å². The van der Waals surface area contributed by atoms with Crippen molar-refractivity contribution in [2.75, 3.05) is 32.8 Å². The number of hydrogen-bond acceptors (Lipinski definition) is 3. The van der Waals surface area contributed by atoms with E-state index in [0.29, 0.717) is 36.8 Å². The van der Waals surface area contributed by atoms with Crippen LogP contribution in [0.15, 0.2) is 24.3 Å². The number of amides is 2. The van der Waals surface area contributed by atoms with E-state index < -0.39 is 0 Å². The molecule has 2 aliphatic rings. The van der Waals surface area contributed by atoms with Crippen LogP contribution in [0.1, 0.15) is 42.5 Å². The molecule has 2 amide bonds. The molecule has 1 aliphatic carbocycles. The van der Waals surface area contributed by atoms with Crippen LogP contribution in [-0.2, 0) is 9.53 Å². The van der Waals surface area contributed by atoms with Gasteiger partial charge in [-0.25, -0.2) is 0 Å². The largest absolute Gasteiger partial charge is 0.368 e. The van der Waals surface area contributed by atoms with Crippen LogP contribution in [-0.4, -0.2) is 60.5 Å². The molecule has 1 aromatic rings. The first-order chi connectivity index (χ1) is 12.1. The molecule has 1 aliphatic heterocycles. The van der Waals surface area contributed by atoms with Crippen LogP contribution >= 0.6 is 11.6 Å². The number of carbonyl (C=O) groups is 2. The van der Waals surface area contributed by atoms with Gasteiger partial charge in [-0.1, -0.05) is 36.6 Å². The second-order valence-corrected chi connectivity index (χ2v) is 7.13. The van der Waals surface area contributed by atoms with E-state index in [4.69, 9.17) is 16.3 Å². The third kappa shape index (κ3) is 4.73. The van der Waals surface area contributed by atoms with Gasteiger partial charge in [0, 0.05) is 26.2 Å². The van der Waals surface area contributed by atoms with Gasteiger partial charge in [-0.15, -0.1) is 0 Å². The fraction of sp³-hybridized carbons (Fsp3) is 0.579. The normalized spacial score (nSPS) is 19.1. The summed E-state index contributed by atoms with van der Waals surface area (Å²) in [6, 6.07) is 7.09. The molecule has 0 atom stereocenters. The molecule has 2 fully saturated rings.